The van der Waals surface area contributed by atoms with Crippen LogP contribution in [0.15, 0.2) is 47.1 Å². The zero-order valence-corrected chi connectivity index (χ0v) is 16.6. The quantitative estimate of drug-likeness (QED) is 0.703. The summed E-state index contributed by atoms with van der Waals surface area (Å²) < 4.78 is 10.1. The van der Waals surface area contributed by atoms with Gasteiger partial charge >= 0.3 is 5.97 Å². The van der Waals surface area contributed by atoms with E-state index in [2.05, 4.69) is 5.32 Å². The maximum atomic E-state index is 12.2. The molecule has 1 aromatic heterocycles. The molecule has 2 heterocycles. The molecule has 1 aromatic carbocycles. The van der Waals surface area contributed by atoms with Crippen molar-refractivity contribution in [1.82, 2.24) is 15.1 Å². The highest BCUT2D eigenvalue weighted by atomic mass is 16.5. The first-order valence-electron chi connectivity index (χ1n) is 9.55. The van der Waals surface area contributed by atoms with Gasteiger partial charge in [0, 0.05) is 31.7 Å². The van der Waals surface area contributed by atoms with E-state index in [4.69, 9.17) is 9.15 Å². The predicted molar refractivity (Wildman–Crippen MR) is 106 cm³/mol. The number of esters is 1. The van der Waals surface area contributed by atoms with Crippen molar-refractivity contribution in [2.45, 2.75) is 6.92 Å². The molecule has 0 unspecified atom stereocenters. The number of carbonyl (C=O) groups is 4. The van der Waals surface area contributed by atoms with E-state index >= 15 is 0 Å². The highest BCUT2D eigenvalue weighted by molar-refractivity contribution is 5.96. The Morgan fingerprint density at radius 2 is 1.77 bits per heavy atom. The van der Waals surface area contributed by atoms with E-state index in [0.29, 0.717) is 31.7 Å². The summed E-state index contributed by atoms with van der Waals surface area (Å²) >= 11 is 0. The fraction of sp³-hybridized carbons (Fsp3) is 0.333. The molecule has 0 spiro atoms. The Morgan fingerprint density at radius 1 is 1.03 bits per heavy atom. The summed E-state index contributed by atoms with van der Waals surface area (Å²) in [6.07, 6.45) is 1.44. The second-order valence-corrected chi connectivity index (χ2v) is 6.86. The number of nitrogens with one attached hydrogen (secondary N) is 1. The van der Waals surface area contributed by atoms with Gasteiger partial charge in [-0.25, -0.2) is 0 Å². The van der Waals surface area contributed by atoms with Crippen LogP contribution in [0.25, 0.3) is 0 Å². The van der Waals surface area contributed by atoms with Crippen LogP contribution in [0.4, 0.5) is 0 Å². The summed E-state index contributed by atoms with van der Waals surface area (Å²) in [4.78, 5) is 51.5. The summed E-state index contributed by atoms with van der Waals surface area (Å²) in [5, 5.41) is 2.47. The van der Waals surface area contributed by atoms with E-state index in [1.54, 1.807) is 35.2 Å². The molecule has 0 atom stereocenters. The van der Waals surface area contributed by atoms with Crippen LogP contribution in [0.2, 0.25) is 0 Å². The van der Waals surface area contributed by atoms with Crippen molar-refractivity contribution in [2.24, 2.45) is 0 Å². The zero-order chi connectivity index (χ0) is 21.5. The molecule has 1 aliphatic rings. The summed E-state index contributed by atoms with van der Waals surface area (Å²) in [5.41, 5.74) is 1.38. The van der Waals surface area contributed by atoms with Gasteiger partial charge < -0.3 is 24.3 Å². The molecule has 3 amide bonds. The molecule has 0 bridgehead atoms. The Kier molecular flexibility index (Phi) is 6.84. The van der Waals surface area contributed by atoms with Crippen LogP contribution in [0.5, 0.6) is 0 Å². The van der Waals surface area contributed by atoms with Crippen molar-refractivity contribution in [3.63, 3.8) is 0 Å². The van der Waals surface area contributed by atoms with Crippen molar-refractivity contribution in [1.29, 1.82) is 0 Å². The SMILES string of the molecule is Cc1cccc(C(=O)NCC(=O)OCC(=O)N2CCN(C(=O)c3ccco3)CC2)c1. The van der Waals surface area contributed by atoms with Gasteiger partial charge in [-0.05, 0) is 31.2 Å². The summed E-state index contributed by atoms with van der Waals surface area (Å²) in [5.74, 6) is -1.40. The van der Waals surface area contributed by atoms with Gasteiger partial charge in [-0.2, -0.15) is 0 Å². The molecular formula is C21H23N3O6. The van der Waals surface area contributed by atoms with E-state index < -0.39 is 12.6 Å². The minimum absolute atomic E-state index is 0.220. The fourth-order valence-corrected chi connectivity index (χ4v) is 3.04. The molecule has 158 valence electrons. The number of carbonyl (C=O) groups excluding carboxylic acids is 4. The molecule has 30 heavy (non-hydrogen) atoms. The number of piperazine rings is 1. The van der Waals surface area contributed by atoms with E-state index in [1.807, 2.05) is 13.0 Å². The fourth-order valence-electron chi connectivity index (χ4n) is 3.04. The first-order valence-corrected chi connectivity index (χ1v) is 9.55. The number of ether oxygens (including phenoxy) is 1. The van der Waals surface area contributed by atoms with Crippen LogP contribution >= 0.6 is 0 Å². The smallest absolute Gasteiger partial charge is 0.325 e. The average molecular weight is 413 g/mol. The minimum atomic E-state index is -0.698. The first kappa shape index (κ1) is 21.1. The molecule has 1 aliphatic heterocycles. The number of furan rings is 1. The van der Waals surface area contributed by atoms with Crippen LogP contribution in [-0.4, -0.2) is 72.8 Å². The molecule has 2 aromatic rings. The highest BCUT2D eigenvalue weighted by Gasteiger charge is 2.26. The lowest BCUT2D eigenvalue weighted by Gasteiger charge is -2.34. The number of nitrogens with zero attached hydrogens (tertiary/aromatic N) is 2. The number of rotatable bonds is 6. The highest BCUT2D eigenvalue weighted by Crippen LogP contribution is 2.09. The van der Waals surface area contributed by atoms with Gasteiger partial charge in [-0.3, -0.25) is 19.2 Å². The number of amides is 3. The third-order valence-electron chi connectivity index (χ3n) is 4.68. The summed E-state index contributed by atoms with van der Waals surface area (Å²) in [6.45, 7) is 2.54. The Bertz CT molecular complexity index is 917. The maximum absolute atomic E-state index is 12.2. The first-order chi connectivity index (χ1) is 14.4. The predicted octanol–water partition coefficient (Wildman–Crippen LogP) is 0.846. The van der Waals surface area contributed by atoms with Gasteiger partial charge in [-0.1, -0.05) is 17.7 Å². The molecule has 1 N–H and O–H groups in total. The largest absolute Gasteiger partial charge is 0.459 e. The lowest BCUT2D eigenvalue weighted by atomic mass is 10.1. The van der Waals surface area contributed by atoms with Crippen molar-refractivity contribution in [3.05, 3.63) is 59.5 Å². The average Bonchev–Trinajstić information content (AvgIpc) is 3.30. The molecule has 0 saturated carbocycles. The van der Waals surface area contributed by atoms with E-state index in [9.17, 15) is 19.2 Å². The van der Waals surface area contributed by atoms with E-state index in [0.717, 1.165) is 5.56 Å². The monoisotopic (exact) mass is 413 g/mol. The van der Waals surface area contributed by atoms with Gasteiger partial charge in [0.05, 0.1) is 6.26 Å². The standard InChI is InChI=1S/C21H23N3O6/c1-15-4-2-5-16(12-15)20(27)22-13-19(26)30-14-18(25)23-7-9-24(10-8-23)21(28)17-6-3-11-29-17/h2-6,11-12H,7-10,13-14H2,1H3,(H,22,27). The Labute approximate surface area is 173 Å². The Morgan fingerprint density at radius 3 is 2.43 bits per heavy atom. The lowest BCUT2D eigenvalue weighted by Crippen LogP contribution is -2.51. The Balaban J connectivity index is 1.37. The van der Waals surface area contributed by atoms with Crippen LogP contribution in [-0.2, 0) is 14.3 Å². The number of hydrogen-bond donors (Lipinski definition) is 1. The summed E-state index contributed by atoms with van der Waals surface area (Å²) in [6, 6.07) is 10.2. The molecule has 9 heteroatoms. The topological polar surface area (TPSA) is 109 Å². The van der Waals surface area contributed by atoms with Crippen LogP contribution < -0.4 is 5.32 Å². The van der Waals surface area contributed by atoms with Gasteiger partial charge in [0.15, 0.2) is 12.4 Å². The van der Waals surface area contributed by atoms with Crippen molar-refractivity contribution in [3.8, 4) is 0 Å². The normalized spacial score (nSPS) is 13.6. The minimum Gasteiger partial charge on any atom is -0.459 e. The number of hydrogen-bond acceptors (Lipinski definition) is 6. The lowest BCUT2D eigenvalue weighted by molar-refractivity contribution is -0.151. The second-order valence-electron chi connectivity index (χ2n) is 6.86. The molecule has 9 nitrogen and oxygen atoms in total. The van der Waals surface area contributed by atoms with Gasteiger partial charge in [-0.15, -0.1) is 0 Å². The van der Waals surface area contributed by atoms with Gasteiger partial charge in [0.2, 0.25) is 0 Å². The third kappa shape index (κ3) is 5.47. The zero-order valence-electron chi connectivity index (χ0n) is 16.6. The molecule has 1 saturated heterocycles. The molecule has 0 aliphatic carbocycles. The van der Waals surface area contributed by atoms with Gasteiger partial charge in [0.25, 0.3) is 17.7 Å². The van der Waals surface area contributed by atoms with Crippen LogP contribution in [0.1, 0.15) is 26.5 Å². The molecule has 3 rings (SSSR count). The van der Waals surface area contributed by atoms with Gasteiger partial charge in [0.1, 0.15) is 6.54 Å². The van der Waals surface area contributed by atoms with E-state index in [-0.39, 0.29) is 30.0 Å². The number of aryl methyl sites for hydroxylation is 1. The maximum Gasteiger partial charge on any atom is 0.325 e. The van der Waals surface area contributed by atoms with Crippen molar-refractivity contribution >= 4 is 23.7 Å². The van der Waals surface area contributed by atoms with Crippen molar-refractivity contribution < 1.29 is 28.3 Å². The third-order valence-corrected chi connectivity index (χ3v) is 4.68. The van der Waals surface area contributed by atoms with Crippen LogP contribution in [0, 0.1) is 6.92 Å². The molecule has 1 fully saturated rings. The molecular weight excluding hydrogens is 390 g/mol. The van der Waals surface area contributed by atoms with Crippen LogP contribution in [0.3, 0.4) is 0 Å². The summed E-state index contributed by atoms with van der Waals surface area (Å²) in [7, 11) is 0. The Hall–Kier alpha value is -3.62. The van der Waals surface area contributed by atoms with E-state index in [1.165, 1.54) is 11.2 Å². The number of benzene rings is 1. The molecule has 0 radical (unpaired) electrons. The second kappa shape index (κ2) is 9.73. The van der Waals surface area contributed by atoms with Crippen molar-refractivity contribution in [2.75, 3.05) is 39.3 Å².